The Balaban J connectivity index is 1.64. The maximum absolute atomic E-state index is 14.4. The largest absolute Gasteiger partial charge is 0.494 e. The zero-order valence-electron chi connectivity index (χ0n) is 20.0. The number of nitrogens with zero attached hydrogens (tertiary/aromatic N) is 3. The number of unbranched alkanes of at least 4 members (excludes halogenated alkanes) is 1. The predicted octanol–water partition coefficient (Wildman–Crippen LogP) is 6.70. The Morgan fingerprint density at radius 1 is 0.882 bits per heavy atom. The summed E-state index contributed by atoms with van der Waals surface area (Å²) in [6.07, 6.45) is 4.20. The molecule has 4 nitrogen and oxygen atoms in total. The van der Waals surface area contributed by atoms with Crippen LogP contribution in [0.4, 0.5) is 4.39 Å². The minimum atomic E-state index is -0.334. The predicted molar refractivity (Wildman–Crippen MR) is 135 cm³/mol. The summed E-state index contributed by atoms with van der Waals surface area (Å²) in [7, 11) is 1.49. The van der Waals surface area contributed by atoms with E-state index in [1.807, 2.05) is 36.5 Å². The van der Waals surface area contributed by atoms with Gasteiger partial charge in [0, 0.05) is 31.7 Å². The highest BCUT2D eigenvalue weighted by molar-refractivity contribution is 5.55. The van der Waals surface area contributed by atoms with Gasteiger partial charge in [0.2, 0.25) is 0 Å². The zero-order valence-corrected chi connectivity index (χ0v) is 20.0. The van der Waals surface area contributed by atoms with Crippen LogP contribution in [0.15, 0.2) is 85.1 Å². The van der Waals surface area contributed by atoms with Gasteiger partial charge in [0.05, 0.1) is 19.0 Å². The number of halogens is 1. The van der Waals surface area contributed by atoms with E-state index in [1.165, 1.54) is 12.7 Å². The van der Waals surface area contributed by atoms with Crippen LogP contribution < -0.4 is 4.74 Å². The highest BCUT2D eigenvalue weighted by Gasteiger charge is 2.16. The molecule has 176 valence electrons. The summed E-state index contributed by atoms with van der Waals surface area (Å²) in [4.78, 5) is 7.14. The number of imidazole rings is 1. The lowest BCUT2D eigenvalue weighted by atomic mass is 10.1. The molecule has 0 saturated heterocycles. The second-order valence-electron chi connectivity index (χ2n) is 8.54. The first-order valence-electron chi connectivity index (χ1n) is 11.9. The third kappa shape index (κ3) is 5.91. The number of rotatable bonds is 11. The van der Waals surface area contributed by atoms with Crippen molar-refractivity contribution in [3.63, 3.8) is 0 Å². The normalized spacial score (nSPS) is 11.2. The van der Waals surface area contributed by atoms with Crippen molar-refractivity contribution in [1.82, 2.24) is 14.5 Å². The molecule has 1 heterocycles. The first-order valence-corrected chi connectivity index (χ1v) is 11.9. The fraction of sp³-hybridized carbons (Fsp3) is 0.276. The lowest BCUT2D eigenvalue weighted by Crippen LogP contribution is -2.24. The third-order valence-corrected chi connectivity index (χ3v) is 5.96. The molecule has 0 aliphatic heterocycles. The molecule has 0 fully saturated rings. The number of aromatic nitrogens is 2. The van der Waals surface area contributed by atoms with Gasteiger partial charge in [-0.25, -0.2) is 9.37 Å². The van der Waals surface area contributed by atoms with Crippen molar-refractivity contribution in [2.45, 2.75) is 45.9 Å². The molecule has 0 bridgehead atoms. The molecule has 34 heavy (non-hydrogen) atoms. The zero-order chi connectivity index (χ0) is 23.8. The highest BCUT2D eigenvalue weighted by atomic mass is 19.1. The van der Waals surface area contributed by atoms with Crippen LogP contribution in [0, 0.1) is 5.82 Å². The van der Waals surface area contributed by atoms with E-state index in [2.05, 4.69) is 52.8 Å². The highest BCUT2D eigenvalue weighted by Crippen LogP contribution is 2.24. The van der Waals surface area contributed by atoms with Crippen LogP contribution >= 0.6 is 0 Å². The van der Waals surface area contributed by atoms with Gasteiger partial charge >= 0.3 is 0 Å². The maximum atomic E-state index is 14.4. The molecule has 0 aliphatic carbocycles. The minimum Gasteiger partial charge on any atom is -0.494 e. The summed E-state index contributed by atoms with van der Waals surface area (Å²) in [5.41, 5.74) is 4.42. The molecule has 5 heteroatoms. The van der Waals surface area contributed by atoms with E-state index in [1.54, 1.807) is 12.1 Å². The smallest absolute Gasteiger partial charge is 0.165 e. The van der Waals surface area contributed by atoms with Crippen LogP contribution in [0.2, 0.25) is 0 Å². The third-order valence-electron chi connectivity index (χ3n) is 5.96. The van der Waals surface area contributed by atoms with E-state index in [4.69, 9.17) is 9.72 Å². The van der Waals surface area contributed by atoms with Crippen LogP contribution in [0.3, 0.4) is 0 Å². The number of ether oxygens (including phenoxy) is 1. The van der Waals surface area contributed by atoms with E-state index in [0.29, 0.717) is 13.1 Å². The molecule has 0 atom stereocenters. The van der Waals surface area contributed by atoms with Gasteiger partial charge in [-0.1, -0.05) is 80.1 Å². The Kier molecular flexibility index (Phi) is 8.10. The molecule has 1 aromatic heterocycles. The first-order chi connectivity index (χ1) is 16.7. The van der Waals surface area contributed by atoms with Crippen molar-refractivity contribution in [3.8, 4) is 17.1 Å². The Hall–Kier alpha value is -3.44. The van der Waals surface area contributed by atoms with Gasteiger partial charge in [0.15, 0.2) is 11.6 Å². The van der Waals surface area contributed by atoms with E-state index >= 15 is 0 Å². The lowest BCUT2D eigenvalue weighted by Gasteiger charge is -2.24. The van der Waals surface area contributed by atoms with Gasteiger partial charge in [-0.15, -0.1) is 0 Å². The SMILES string of the molecule is CCCCn1c(CN(Cc2ccccc2)Cc2ccc(OC)c(F)c2)cnc1-c1ccccc1. The molecule has 0 amide bonds. The fourth-order valence-electron chi connectivity index (χ4n) is 4.23. The average Bonchev–Trinajstić information content (AvgIpc) is 3.26. The van der Waals surface area contributed by atoms with E-state index in [9.17, 15) is 4.39 Å². The molecule has 0 saturated carbocycles. The summed E-state index contributed by atoms with van der Waals surface area (Å²) in [5.74, 6) is 0.932. The molecule has 0 N–H and O–H groups in total. The van der Waals surface area contributed by atoms with Crippen LogP contribution in [-0.4, -0.2) is 21.6 Å². The summed E-state index contributed by atoms with van der Waals surface area (Å²) in [6.45, 7) is 5.22. The van der Waals surface area contributed by atoms with Crippen molar-refractivity contribution < 1.29 is 9.13 Å². The molecule has 0 radical (unpaired) electrons. The van der Waals surface area contributed by atoms with Crippen LogP contribution in [-0.2, 0) is 26.2 Å². The topological polar surface area (TPSA) is 30.3 Å². The van der Waals surface area contributed by atoms with E-state index in [-0.39, 0.29) is 11.6 Å². The van der Waals surface area contributed by atoms with Crippen LogP contribution in [0.25, 0.3) is 11.4 Å². The lowest BCUT2D eigenvalue weighted by molar-refractivity contribution is 0.240. The standard InChI is InChI=1S/C29H32FN3O/c1-3-4-17-33-26(19-31-29(33)25-13-9-6-10-14-25)22-32(20-23-11-7-5-8-12-23)21-24-15-16-28(34-2)27(30)18-24/h5-16,18-19H,3-4,17,20-22H2,1-2H3. The monoisotopic (exact) mass is 457 g/mol. The van der Waals surface area contributed by atoms with Gasteiger partial charge in [0.1, 0.15) is 5.82 Å². The van der Waals surface area contributed by atoms with Gasteiger partial charge in [-0.2, -0.15) is 0 Å². The maximum Gasteiger partial charge on any atom is 0.165 e. The first kappa shape index (κ1) is 23.7. The number of methoxy groups -OCH3 is 1. The summed E-state index contributed by atoms with van der Waals surface area (Å²) in [6, 6.07) is 25.9. The summed E-state index contributed by atoms with van der Waals surface area (Å²) < 4.78 is 21.8. The van der Waals surface area contributed by atoms with Gasteiger partial charge in [-0.3, -0.25) is 4.90 Å². The molecular formula is C29H32FN3O. The Morgan fingerprint density at radius 3 is 2.26 bits per heavy atom. The average molecular weight is 458 g/mol. The Bertz CT molecular complexity index is 1170. The van der Waals surface area contributed by atoms with Gasteiger partial charge in [0.25, 0.3) is 0 Å². The molecule has 4 rings (SSSR count). The molecule has 0 spiro atoms. The Morgan fingerprint density at radius 2 is 1.59 bits per heavy atom. The molecular weight excluding hydrogens is 425 g/mol. The quantitative estimate of drug-likeness (QED) is 0.251. The molecule has 0 aliphatic rings. The molecule has 3 aromatic carbocycles. The summed E-state index contributed by atoms with van der Waals surface area (Å²) in [5, 5.41) is 0. The summed E-state index contributed by atoms with van der Waals surface area (Å²) >= 11 is 0. The second kappa shape index (κ2) is 11.6. The van der Waals surface area contributed by atoms with Crippen molar-refractivity contribution in [2.75, 3.05) is 7.11 Å². The van der Waals surface area contributed by atoms with Gasteiger partial charge < -0.3 is 9.30 Å². The molecule has 4 aromatic rings. The Labute approximate surface area is 201 Å². The van der Waals surface area contributed by atoms with Crippen molar-refractivity contribution in [2.24, 2.45) is 0 Å². The number of hydrogen-bond acceptors (Lipinski definition) is 3. The van der Waals surface area contributed by atoms with Gasteiger partial charge in [-0.05, 0) is 29.7 Å². The van der Waals surface area contributed by atoms with Crippen LogP contribution in [0.1, 0.15) is 36.6 Å². The number of hydrogen-bond donors (Lipinski definition) is 0. The minimum absolute atomic E-state index is 0.267. The number of benzene rings is 3. The molecule has 0 unspecified atom stereocenters. The van der Waals surface area contributed by atoms with E-state index in [0.717, 1.165) is 48.6 Å². The van der Waals surface area contributed by atoms with Crippen LogP contribution in [0.5, 0.6) is 5.75 Å². The fourth-order valence-corrected chi connectivity index (χ4v) is 4.23. The van der Waals surface area contributed by atoms with Crippen molar-refractivity contribution in [1.29, 1.82) is 0 Å². The van der Waals surface area contributed by atoms with Crippen molar-refractivity contribution in [3.05, 3.63) is 108 Å². The van der Waals surface area contributed by atoms with Crippen molar-refractivity contribution >= 4 is 0 Å². The second-order valence-corrected chi connectivity index (χ2v) is 8.54. The van der Waals surface area contributed by atoms with E-state index < -0.39 is 0 Å².